The molecule has 226 valence electrons. The molecule has 2 aromatic carbocycles. The number of nitrogens with zero attached hydrogens (tertiary/aromatic N) is 2. The van der Waals surface area contributed by atoms with E-state index >= 15 is 4.39 Å². The van der Waals surface area contributed by atoms with Gasteiger partial charge in [0.15, 0.2) is 5.78 Å². The maximum atomic E-state index is 15.1. The molecule has 3 nitrogen and oxygen atoms in total. The molecule has 0 bridgehead atoms. The molecule has 0 saturated heterocycles. The largest absolute Gasteiger partial charge is 0.370 e. The molecule has 6 atom stereocenters. The van der Waals surface area contributed by atoms with Crippen LogP contribution in [0.3, 0.4) is 0 Å². The van der Waals surface area contributed by atoms with Gasteiger partial charge in [-0.1, -0.05) is 78.1 Å². The van der Waals surface area contributed by atoms with Crippen molar-refractivity contribution in [2.75, 3.05) is 6.54 Å². The van der Waals surface area contributed by atoms with Crippen LogP contribution >= 0.6 is 11.6 Å². The lowest BCUT2D eigenvalue weighted by Crippen LogP contribution is -2.53. The quantitative estimate of drug-likeness (QED) is 0.314. The molecule has 0 spiro atoms. The zero-order chi connectivity index (χ0) is 30.1. The van der Waals surface area contributed by atoms with Gasteiger partial charge in [0.25, 0.3) is 0 Å². The predicted molar refractivity (Wildman–Crippen MR) is 173 cm³/mol. The Morgan fingerprint density at radius 1 is 0.857 bits per heavy atom. The highest BCUT2D eigenvalue weighted by atomic mass is 35.5. The second-order valence-electron chi connectivity index (χ2n) is 14.1. The number of benzene rings is 2. The molecule has 1 heterocycles. The highest BCUT2D eigenvalue weighted by Crippen LogP contribution is 2.43. The molecule has 0 radical (unpaired) electrons. The summed E-state index contributed by atoms with van der Waals surface area (Å²) in [5.41, 5.74) is 2.72. The fourth-order valence-corrected chi connectivity index (χ4v) is 8.17. The van der Waals surface area contributed by atoms with E-state index in [1.165, 1.54) is 31.7 Å². The lowest BCUT2D eigenvalue weighted by molar-refractivity contribution is 0.00911. The zero-order valence-electron chi connectivity index (χ0n) is 26.2. The summed E-state index contributed by atoms with van der Waals surface area (Å²) in [6.45, 7) is 14.5. The maximum absolute atomic E-state index is 15.1. The third-order valence-corrected chi connectivity index (χ3v) is 10.6. The molecule has 2 saturated carbocycles. The lowest BCUT2D eigenvalue weighted by Gasteiger charge is -2.51. The normalized spacial score (nSPS) is 29.4. The van der Waals surface area contributed by atoms with Gasteiger partial charge in [-0.2, -0.15) is 0 Å². The molecule has 2 aromatic rings. The van der Waals surface area contributed by atoms with Crippen molar-refractivity contribution >= 4 is 23.1 Å². The second-order valence-corrected chi connectivity index (χ2v) is 14.5. The summed E-state index contributed by atoms with van der Waals surface area (Å²) in [7, 11) is 0. The van der Waals surface area contributed by atoms with E-state index in [-0.39, 0.29) is 18.1 Å². The van der Waals surface area contributed by atoms with Crippen molar-refractivity contribution in [3.63, 3.8) is 0 Å². The maximum Gasteiger partial charge on any atom is 0.193 e. The number of hydrogen-bond donors (Lipinski definition) is 0. The number of rotatable bonds is 6. The topological polar surface area (TPSA) is 32.7 Å². The minimum Gasteiger partial charge on any atom is -0.370 e. The summed E-state index contributed by atoms with van der Waals surface area (Å²) in [6, 6.07) is 12.7. The minimum absolute atomic E-state index is 0.0309. The summed E-state index contributed by atoms with van der Waals surface area (Å²) in [6.07, 6.45) is 9.48. The van der Waals surface area contributed by atoms with E-state index in [1.807, 2.05) is 6.07 Å². The third kappa shape index (κ3) is 6.39. The summed E-state index contributed by atoms with van der Waals surface area (Å²) in [4.78, 5) is 22.0. The van der Waals surface area contributed by atoms with Crippen molar-refractivity contribution in [1.29, 1.82) is 0 Å². The minimum atomic E-state index is -0.351. The molecule has 2 fully saturated rings. The van der Waals surface area contributed by atoms with Gasteiger partial charge in [0.05, 0.1) is 12.3 Å². The molecule has 42 heavy (non-hydrogen) atoms. The Labute approximate surface area is 257 Å². The smallest absolute Gasteiger partial charge is 0.193 e. The van der Waals surface area contributed by atoms with E-state index in [1.54, 1.807) is 30.3 Å². The van der Waals surface area contributed by atoms with Crippen LogP contribution in [0.4, 0.5) is 4.39 Å². The molecule has 0 amide bonds. The Hall–Kier alpha value is -2.46. The van der Waals surface area contributed by atoms with E-state index < -0.39 is 0 Å². The summed E-state index contributed by atoms with van der Waals surface area (Å²) in [5, 5.41) is 0.506. The van der Waals surface area contributed by atoms with Gasteiger partial charge >= 0.3 is 0 Å². The number of Topliss-reactive ketones (excluding diaryl/α,β-unsaturated/α-hetero) is 1. The van der Waals surface area contributed by atoms with Crippen LogP contribution in [0.5, 0.6) is 0 Å². The van der Waals surface area contributed by atoms with Crippen LogP contribution in [0.25, 0.3) is 0 Å². The van der Waals surface area contributed by atoms with Gasteiger partial charge in [0.1, 0.15) is 5.82 Å². The first-order valence-electron chi connectivity index (χ1n) is 16.2. The Balaban J connectivity index is 1.66. The van der Waals surface area contributed by atoms with Crippen LogP contribution in [0.1, 0.15) is 102 Å². The standard InChI is InChI=1S/C37H48ClFN2O/c1-22(2)28-14-11-24(5)17-34(28)41(35-18-25(6)12-15-29(35)23(3)4)21-26-20-40-36(31-9-7-8-10-33(31)39)32-19-27(38)13-16-30(32)37(26)42/h7-10,13,16,19,21-25,28-29,34-35H,11-12,14-15,17-18,20H2,1-6H3. The monoisotopic (exact) mass is 590 g/mol. The lowest BCUT2D eigenvalue weighted by atomic mass is 9.69. The molecular formula is C37H48ClFN2O. The highest BCUT2D eigenvalue weighted by Gasteiger charge is 2.42. The third-order valence-electron chi connectivity index (χ3n) is 10.4. The van der Waals surface area contributed by atoms with Crippen molar-refractivity contribution in [1.82, 2.24) is 4.90 Å². The van der Waals surface area contributed by atoms with Crippen molar-refractivity contribution in [3.05, 3.63) is 81.8 Å². The van der Waals surface area contributed by atoms with Crippen molar-refractivity contribution < 1.29 is 9.18 Å². The second kappa shape index (κ2) is 13.0. The Morgan fingerprint density at radius 2 is 1.45 bits per heavy atom. The molecule has 5 heteroatoms. The van der Waals surface area contributed by atoms with Crippen LogP contribution in [0, 0.1) is 41.3 Å². The molecular weight excluding hydrogens is 543 g/mol. The van der Waals surface area contributed by atoms with Crippen molar-refractivity contribution in [2.24, 2.45) is 40.5 Å². The number of carbonyl (C=O) groups excluding carboxylic acids is 1. The van der Waals surface area contributed by atoms with Crippen LogP contribution in [-0.4, -0.2) is 35.0 Å². The van der Waals surface area contributed by atoms with Gasteiger partial charge in [-0.05, 0) is 91.5 Å². The number of halogens is 2. The van der Waals surface area contributed by atoms with Crippen LogP contribution in [-0.2, 0) is 0 Å². The first kappa shape index (κ1) is 31.0. The van der Waals surface area contributed by atoms with Crippen LogP contribution in [0.15, 0.2) is 59.2 Å². The van der Waals surface area contributed by atoms with Gasteiger partial charge in [-0.3, -0.25) is 9.79 Å². The van der Waals surface area contributed by atoms with Gasteiger partial charge in [-0.15, -0.1) is 0 Å². The first-order valence-corrected chi connectivity index (χ1v) is 16.5. The Bertz CT molecular complexity index is 1320. The van der Waals surface area contributed by atoms with Crippen molar-refractivity contribution in [3.8, 4) is 0 Å². The molecule has 2 aliphatic carbocycles. The Morgan fingerprint density at radius 3 is 2.02 bits per heavy atom. The zero-order valence-corrected chi connectivity index (χ0v) is 27.0. The van der Waals surface area contributed by atoms with E-state index in [4.69, 9.17) is 16.6 Å². The molecule has 0 aromatic heterocycles. The van der Waals surface area contributed by atoms with Gasteiger partial charge in [-0.25, -0.2) is 4.39 Å². The average molecular weight is 591 g/mol. The first-order chi connectivity index (χ1) is 20.0. The van der Waals surface area contributed by atoms with E-state index in [0.717, 1.165) is 12.8 Å². The number of fused-ring (bicyclic) bond motifs is 1. The molecule has 6 unspecified atom stereocenters. The molecule has 3 aliphatic rings. The van der Waals surface area contributed by atoms with Crippen molar-refractivity contribution in [2.45, 2.75) is 92.2 Å². The number of ketones is 1. The number of carbonyl (C=O) groups is 1. The fraction of sp³-hybridized carbons (Fsp3) is 0.568. The van der Waals surface area contributed by atoms with Crippen LogP contribution < -0.4 is 0 Å². The molecule has 0 N–H and O–H groups in total. The Kier molecular flexibility index (Phi) is 9.62. The van der Waals surface area contributed by atoms with Gasteiger partial charge in [0, 0.05) is 45.6 Å². The fourth-order valence-electron chi connectivity index (χ4n) is 7.99. The van der Waals surface area contributed by atoms with Crippen LogP contribution in [0.2, 0.25) is 5.02 Å². The molecule has 1 aliphatic heterocycles. The summed E-state index contributed by atoms with van der Waals surface area (Å²) in [5.74, 6) is 3.22. The predicted octanol–water partition coefficient (Wildman–Crippen LogP) is 9.62. The molecule has 5 rings (SSSR count). The highest BCUT2D eigenvalue weighted by molar-refractivity contribution is 6.32. The summed E-state index contributed by atoms with van der Waals surface area (Å²) >= 11 is 6.43. The van der Waals surface area contributed by atoms with E-state index in [2.05, 4.69) is 52.6 Å². The number of aliphatic imine (C=N–C) groups is 1. The van der Waals surface area contributed by atoms with E-state index in [9.17, 15) is 4.79 Å². The van der Waals surface area contributed by atoms with E-state index in [0.29, 0.717) is 80.6 Å². The number of hydrogen-bond acceptors (Lipinski definition) is 3. The van der Waals surface area contributed by atoms with Gasteiger partial charge < -0.3 is 4.90 Å². The average Bonchev–Trinajstić information content (AvgIpc) is 3.07. The summed E-state index contributed by atoms with van der Waals surface area (Å²) < 4.78 is 15.1. The SMILES string of the molecule is CC1CCC(C(C)C)C(N(C=C2CN=C(c3ccccc3F)c3cc(Cl)ccc3C2=O)C2CC(C)CCC2C(C)C)C1. The van der Waals surface area contributed by atoms with Gasteiger partial charge in [0.2, 0.25) is 0 Å².